The SMILES string of the molecule is COC1CCC(O)(c2cc(F)cc(OCc3ccc(N(C)C(=O)N4CCCC4C)cc3)c2)CC1. The van der Waals surface area contributed by atoms with E-state index < -0.39 is 11.4 Å². The molecular weight excluding hydrogens is 435 g/mol. The minimum Gasteiger partial charge on any atom is -0.489 e. The Balaban J connectivity index is 1.38. The molecule has 1 atom stereocenters. The van der Waals surface area contributed by atoms with Crippen molar-refractivity contribution in [1.82, 2.24) is 4.90 Å². The Morgan fingerprint density at radius 1 is 1.18 bits per heavy atom. The number of halogens is 1. The second-order valence-corrected chi connectivity index (χ2v) is 9.62. The molecule has 1 unspecified atom stereocenters. The minimum absolute atomic E-state index is 0.0127. The number of ether oxygens (including phenoxy) is 2. The van der Waals surface area contributed by atoms with E-state index in [2.05, 4.69) is 6.92 Å². The fourth-order valence-corrected chi connectivity index (χ4v) is 5.01. The van der Waals surface area contributed by atoms with Crippen LogP contribution in [0.5, 0.6) is 5.75 Å². The zero-order chi connectivity index (χ0) is 24.3. The van der Waals surface area contributed by atoms with E-state index in [9.17, 15) is 14.3 Å². The molecule has 1 aliphatic heterocycles. The first-order valence-corrected chi connectivity index (χ1v) is 12.1. The average molecular weight is 471 g/mol. The number of anilines is 1. The van der Waals surface area contributed by atoms with Gasteiger partial charge in [-0.05, 0) is 80.8 Å². The van der Waals surface area contributed by atoms with Crippen LogP contribution in [-0.4, -0.2) is 48.9 Å². The van der Waals surface area contributed by atoms with Gasteiger partial charge in [-0.15, -0.1) is 0 Å². The van der Waals surface area contributed by atoms with Gasteiger partial charge in [0.25, 0.3) is 0 Å². The lowest BCUT2D eigenvalue weighted by Gasteiger charge is -2.36. The molecule has 2 aromatic rings. The van der Waals surface area contributed by atoms with E-state index in [-0.39, 0.29) is 24.8 Å². The minimum atomic E-state index is -1.07. The van der Waals surface area contributed by atoms with Crippen molar-refractivity contribution in [3.63, 3.8) is 0 Å². The highest BCUT2D eigenvalue weighted by molar-refractivity contribution is 5.91. The van der Waals surface area contributed by atoms with Crippen molar-refractivity contribution in [3.8, 4) is 5.75 Å². The Morgan fingerprint density at radius 3 is 2.50 bits per heavy atom. The summed E-state index contributed by atoms with van der Waals surface area (Å²) < 4.78 is 25.6. The Hall–Kier alpha value is -2.64. The molecule has 184 valence electrons. The highest BCUT2D eigenvalue weighted by atomic mass is 19.1. The summed E-state index contributed by atoms with van der Waals surface area (Å²) in [4.78, 5) is 16.4. The average Bonchev–Trinajstić information content (AvgIpc) is 3.28. The third kappa shape index (κ3) is 5.36. The molecule has 7 heteroatoms. The van der Waals surface area contributed by atoms with Crippen LogP contribution in [0.4, 0.5) is 14.9 Å². The zero-order valence-electron chi connectivity index (χ0n) is 20.3. The Labute approximate surface area is 201 Å². The third-order valence-electron chi connectivity index (χ3n) is 7.32. The molecular formula is C27H35FN2O4. The summed E-state index contributed by atoms with van der Waals surface area (Å²) in [5.41, 5.74) is 1.20. The topological polar surface area (TPSA) is 62.2 Å². The number of carbonyl (C=O) groups is 1. The van der Waals surface area contributed by atoms with Crippen molar-refractivity contribution in [2.24, 2.45) is 0 Å². The van der Waals surface area contributed by atoms with Crippen molar-refractivity contribution >= 4 is 11.7 Å². The van der Waals surface area contributed by atoms with Gasteiger partial charge in [-0.2, -0.15) is 0 Å². The number of benzene rings is 2. The van der Waals surface area contributed by atoms with Gasteiger partial charge in [0.2, 0.25) is 0 Å². The quantitative estimate of drug-likeness (QED) is 0.629. The van der Waals surface area contributed by atoms with E-state index in [1.807, 2.05) is 29.2 Å². The van der Waals surface area contributed by atoms with Gasteiger partial charge >= 0.3 is 6.03 Å². The number of hydrogen-bond donors (Lipinski definition) is 1. The summed E-state index contributed by atoms with van der Waals surface area (Å²) in [7, 11) is 3.47. The summed E-state index contributed by atoms with van der Waals surface area (Å²) >= 11 is 0. The van der Waals surface area contributed by atoms with Crippen LogP contribution in [-0.2, 0) is 16.9 Å². The van der Waals surface area contributed by atoms with Crippen LogP contribution in [0.2, 0.25) is 0 Å². The van der Waals surface area contributed by atoms with Crippen LogP contribution < -0.4 is 9.64 Å². The number of urea groups is 1. The number of methoxy groups -OCH3 is 1. The lowest BCUT2D eigenvalue weighted by molar-refractivity contribution is -0.0477. The van der Waals surface area contributed by atoms with E-state index in [4.69, 9.17) is 9.47 Å². The summed E-state index contributed by atoms with van der Waals surface area (Å²) in [5.74, 6) is -0.0434. The molecule has 1 N–H and O–H groups in total. The molecule has 2 aliphatic rings. The number of amides is 2. The summed E-state index contributed by atoms with van der Waals surface area (Å²) in [6, 6.07) is 12.4. The van der Waals surface area contributed by atoms with Gasteiger partial charge in [-0.25, -0.2) is 9.18 Å². The maximum absolute atomic E-state index is 14.3. The highest BCUT2D eigenvalue weighted by Gasteiger charge is 2.35. The van der Waals surface area contributed by atoms with Crippen molar-refractivity contribution in [2.75, 3.05) is 25.6 Å². The van der Waals surface area contributed by atoms with E-state index in [1.54, 1.807) is 25.1 Å². The van der Waals surface area contributed by atoms with E-state index in [1.165, 1.54) is 12.1 Å². The molecule has 1 aliphatic carbocycles. The van der Waals surface area contributed by atoms with Crippen LogP contribution in [0.15, 0.2) is 42.5 Å². The first kappa shape index (κ1) is 24.5. The van der Waals surface area contributed by atoms with Gasteiger partial charge in [0.05, 0.1) is 11.7 Å². The van der Waals surface area contributed by atoms with Crippen LogP contribution in [0.3, 0.4) is 0 Å². The predicted molar refractivity (Wildman–Crippen MR) is 130 cm³/mol. The standard InChI is InChI=1S/C27H35FN2O4/c1-19-5-4-14-30(19)26(31)29(2)23-8-6-20(7-9-23)18-34-25-16-21(15-22(28)17-25)27(32)12-10-24(33-3)11-13-27/h6-9,15-17,19,24,32H,4-5,10-14,18H2,1-3H3. The molecule has 0 bridgehead atoms. The summed E-state index contributed by atoms with van der Waals surface area (Å²) in [5, 5.41) is 11.1. The van der Waals surface area contributed by atoms with Crippen LogP contribution >= 0.6 is 0 Å². The maximum atomic E-state index is 14.3. The van der Waals surface area contributed by atoms with Gasteiger partial charge in [0.1, 0.15) is 18.2 Å². The first-order valence-electron chi connectivity index (χ1n) is 12.1. The highest BCUT2D eigenvalue weighted by Crippen LogP contribution is 2.39. The number of carbonyl (C=O) groups excluding carboxylic acids is 1. The van der Waals surface area contributed by atoms with Crippen molar-refractivity contribution in [2.45, 2.75) is 69.8 Å². The molecule has 0 radical (unpaired) electrons. The number of nitrogens with zero attached hydrogens (tertiary/aromatic N) is 2. The lowest BCUT2D eigenvalue weighted by atomic mass is 9.78. The second-order valence-electron chi connectivity index (χ2n) is 9.62. The summed E-state index contributed by atoms with van der Waals surface area (Å²) in [6.07, 6.45) is 4.75. The molecule has 4 rings (SSSR count). The molecule has 0 aromatic heterocycles. The maximum Gasteiger partial charge on any atom is 0.324 e. The number of aliphatic hydroxyl groups is 1. The molecule has 34 heavy (non-hydrogen) atoms. The van der Waals surface area contributed by atoms with Crippen molar-refractivity contribution < 1.29 is 23.8 Å². The fourth-order valence-electron chi connectivity index (χ4n) is 5.01. The molecule has 6 nitrogen and oxygen atoms in total. The van der Waals surface area contributed by atoms with E-state index in [0.29, 0.717) is 24.2 Å². The fraction of sp³-hybridized carbons (Fsp3) is 0.519. The second kappa shape index (κ2) is 10.3. The van der Waals surface area contributed by atoms with Gasteiger partial charge in [-0.3, -0.25) is 4.90 Å². The molecule has 2 fully saturated rings. The number of rotatable bonds is 6. The normalized spacial score (nSPS) is 24.8. The first-order chi connectivity index (χ1) is 16.3. The number of hydrogen-bond acceptors (Lipinski definition) is 4. The Morgan fingerprint density at radius 2 is 1.88 bits per heavy atom. The van der Waals surface area contributed by atoms with Crippen molar-refractivity contribution in [1.29, 1.82) is 0 Å². The predicted octanol–water partition coefficient (Wildman–Crippen LogP) is 5.22. The van der Waals surface area contributed by atoms with Gasteiger partial charge in [-0.1, -0.05) is 12.1 Å². The Bertz CT molecular complexity index is 989. The third-order valence-corrected chi connectivity index (χ3v) is 7.32. The van der Waals surface area contributed by atoms with Gasteiger partial charge in [0.15, 0.2) is 0 Å². The molecule has 1 saturated carbocycles. The smallest absolute Gasteiger partial charge is 0.324 e. The largest absolute Gasteiger partial charge is 0.489 e. The van der Waals surface area contributed by atoms with E-state index in [0.717, 1.165) is 43.5 Å². The lowest BCUT2D eigenvalue weighted by Crippen LogP contribution is -2.42. The molecule has 1 saturated heterocycles. The Kier molecular flexibility index (Phi) is 7.43. The van der Waals surface area contributed by atoms with Gasteiger partial charge in [0, 0.05) is 38.5 Å². The number of likely N-dealkylation sites (tertiary alicyclic amines) is 1. The van der Waals surface area contributed by atoms with Gasteiger partial charge < -0.3 is 19.5 Å². The van der Waals surface area contributed by atoms with Crippen LogP contribution in [0.25, 0.3) is 0 Å². The monoisotopic (exact) mass is 470 g/mol. The molecule has 2 amide bonds. The zero-order valence-corrected chi connectivity index (χ0v) is 20.3. The van der Waals surface area contributed by atoms with Crippen molar-refractivity contribution in [3.05, 3.63) is 59.4 Å². The molecule has 1 heterocycles. The van der Waals surface area contributed by atoms with Crippen LogP contribution in [0.1, 0.15) is 56.6 Å². The van der Waals surface area contributed by atoms with E-state index >= 15 is 0 Å². The van der Waals surface area contributed by atoms with Crippen LogP contribution in [0, 0.1) is 5.82 Å². The summed E-state index contributed by atoms with van der Waals surface area (Å²) in [6.45, 7) is 3.14. The molecule has 0 spiro atoms. The molecule has 2 aromatic carbocycles.